The van der Waals surface area contributed by atoms with Crippen LogP contribution in [0.1, 0.15) is 58.6 Å². The molecule has 0 saturated carbocycles. The molecule has 3 aliphatic rings. The normalized spacial score (nSPS) is 16.3. The zero-order valence-corrected chi connectivity index (χ0v) is 38.6. The first kappa shape index (κ1) is 48.7. The van der Waals surface area contributed by atoms with Crippen molar-refractivity contribution in [3.63, 3.8) is 0 Å². The minimum atomic E-state index is -1.02. The van der Waals surface area contributed by atoms with Gasteiger partial charge < -0.3 is 44.2 Å². The van der Waals surface area contributed by atoms with Crippen molar-refractivity contribution in [2.24, 2.45) is 0 Å². The highest BCUT2D eigenvalue weighted by Gasteiger charge is 2.45. The lowest BCUT2D eigenvalue weighted by Gasteiger charge is -2.36. The van der Waals surface area contributed by atoms with Crippen LogP contribution in [0.5, 0.6) is 0 Å². The minimum absolute atomic E-state index is 0.0206. The summed E-state index contributed by atoms with van der Waals surface area (Å²) in [7, 11) is 0. The third-order valence-electron chi connectivity index (χ3n) is 12.1. The second-order valence-corrected chi connectivity index (χ2v) is 16.7. The number of carbonyl (C=O) groups excluding carboxylic acids is 5. The van der Waals surface area contributed by atoms with E-state index in [-0.39, 0.29) is 29.9 Å². The number of hydrogen-bond donors (Lipinski definition) is 4. The molecule has 8 rings (SSSR count). The molecule has 69 heavy (non-hydrogen) atoms. The summed E-state index contributed by atoms with van der Waals surface area (Å²) < 4.78 is 29.6. The Labute approximate surface area is 399 Å². The monoisotopic (exact) mass is 949 g/mol. The number of carbonyl (C=O) groups is 5. The first-order valence-corrected chi connectivity index (χ1v) is 23.5. The van der Waals surface area contributed by atoms with Crippen LogP contribution in [0.15, 0.2) is 77.8 Å². The Morgan fingerprint density at radius 3 is 2.28 bits per heavy atom. The highest BCUT2D eigenvalue weighted by Crippen LogP contribution is 2.32. The maximum Gasteiger partial charge on any atom is 0.264 e. The summed E-state index contributed by atoms with van der Waals surface area (Å²) in [4.78, 5) is 72.9. The first-order chi connectivity index (χ1) is 33.8. The maximum absolute atomic E-state index is 13.2. The topological polar surface area (TPSA) is 236 Å². The molecule has 2 fully saturated rings. The van der Waals surface area contributed by atoms with Gasteiger partial charge in [0.05, 0.1) is 76.8 Å². The number of fused-ring (bicyclic) bond motifs is 2. The van der Waals surface area contributed by atoms with E-state index >= 15 is 0 Å². The lowest BCUT2D eigenvalue weighted by molar-refractivity contribution is -0.136. The zero-order valence-electron chi connectivity index (χ0n) is 38.6. The molecule has 0 radical (unpaired) electrons. The lowest BCUT2D eigenvalue weighted by atomic mass is 10.0. The summed E-state index contributed by atoms with van der Waals surface area (Å²) in [6.07, 6.45) is 7.52. The summed E-state index contributed by atoms with van der Waals surface area (Å²) in [5, 5.41) is 20.1. The van der Waals surface area contributed by atoms with Crippen LogP contribution in [-0.4, -0.2) is 164 Å². The van der Waals surface area contributed by atoms with Crippen molar-refractivity contribution in [1.29, 1.82) is 0 Å². The number of ether oxygens (including phenoxy) is 4. The van der Waals surface area contributed by atoms with Crippen LogP contribution in [-0.2, 0) is 39.9 Å². The molecule has 21 nitrogen and oxygen atoms in total. The number of amides is 5. The molecule has 3 aromatic heterocycles. The first-order valence-electron chi connectivity index (χ1n) is 23.5. The van der Waals surface area contributed by atoms with Gasteiger partial charge in [0.1, 0.15) is 18.1 Å². The smallest absolute Gasteiger partial charge is 0.264 e. The van der Waals surface area contributed by atoms with Gasteiger partial charge >= 0.3 is 0 Å². The predicted molar refractivity (Wildman–Crippen MR) is 253 cm³/mol. The maximum atomic E-state index is 13.2. The summed E-state index contributed by atoms with van der Waals surface area (Å²) in [6.45, 7) is 9.35. The van der Waals surface area contributed by atoms with Gasteiger partial charge in [-0.05, 0) is 67.8 Å². The number of rotatable bonds is 27. The van der Waals surface area contributed by atoms with Gasteiger partial charge in [0, 0.05) is 75.2 Å². The number of imide groups is 2. The van der Waals surface area contributed by atoms with E-state index < -0.39 is 29.7 Å². The third-order valence-corrected chi connectivity index (χ3v) is 12.1. The molecule has 5 amide bonds. The number of nitrogens with one attached hydrogen (secondary N) is 4. The Morgan fingerprint density at radius 1 is 0.783 bits per heavy atom. The second kappa shape index (κ2) is 24.5. The van der Waals surface area contributed by atoms with Gasteiger partial charge in [-0.15, -0.1) is 10.2 Å². The molecular weight excluding hydrogens is 891 g/mol. The van der Waals surface area contributed by atoms with Gasteiger partial charge in [0.15, 0.2) is 5.65 Å². The van der Waals surface area contributed by atoms with Crippen molar-refractivity contribution in [2.45, 2.75) is 44.7 Å². The number of nitrogens with zero attached hydrogens (tertiary/aromatic N) is 7. The number of anilines is 3. The fourth-order valence-electron chi connectivity index (χ4n) is 8.44. The Balaban J connectivity index is 0.592. The fourth-order valence-corrected chi connectivity index (χ4v) is 8.44. The van der Waals surface area contributed by atoms with Crippen molar-refractivity contribution in [1.82, 2.24) is 40.0 Å². The van der Waals surface area contributed by atoms with Crippen molar-refractivity contribution >= 4 is 52.5 Å². The molecule has 21 heteroatoms. The zero-order chi connectivity index (χ0) is 47.8. The van der Waals surface area contributed by atoms with E-state index in [4.69, 9.17) is 23.4 Å². The van der Waals surface area contributed by atoms with Gasteiger partial charge in [-0.2, -0.15) is 0 Å². The Bertz CT molecular complexity index is 2510. The van der Waals surface area contributed by atoms with E-state index in [9.17, 15) is 24.0 Å². The van der Waals surface area contributed by atoms with Gasteiger partial charge in [0.25, 0.3) is 11.8 Å². The van der Waals surface area contributed by atoms with E-state index in [1.54, 1.807) is 30.8 Å². The highest BCUT2D eigenvalue weighted by molar-refractivity contribution is 6.25. The van der Waals surface area contributed by atoms with Crippen LogP contribution >= 0.6 is 0 Å². The van der Waals surface area contributed by atoms with Gasteiger partial charge in [-0.1, -0.05) is 18.2 Å². The third kappa shape index (κ3) is 12.9. The molecule has 6 heterocycles. The van der Waals surface area contributed by atoms with E-state index in [1.807, 2.05) is 22.7 Å². The molecule has 1 atom stereocenters. The highest BCUT2D eigenvalue weighted by atomic mass is 16.6. The minimum Gasteiger partial charge on any atom is -0.467 e. The Morgan fingerprint density at radius 2 is 1.54 bits per heavy atom. The average Bonchev–Trinajstić information content (AvgIpc) is 4.14. The fraction of sp³-hybridized carbons (Fsp3) is 0.458. The van der Waals surface area contributed by atoms with Crippen LogP contribution in [0.2, 0.25) is 0 Å². The number of hydrogen-bond acceptors (Lipinski definition) is 17. The van der Waals surface area contributed by atoms with E-state index in [1.165, 1.54) is 5.69 Å². The molecule has 366 valence electrons. The quantitative estimate of drug-likeness (QED) is 0.0437. The molecule has 1 unspecified atom stereocenters. The number of aromatic nitrogens is 4. The average molecular weight is 950 g/mol. The summed E-state index contributed by atoms with van der Waals surface area (Å²) >= 11 is 0. The van der Waals surface area contributed by atoms with Crippen molar-refractivity contribution < 1.29 is 47.3 Å². The van der Waals surface area contributed by atoms with E-state index in [0.717, 1.165) is 73.0 Å². The Hall–Kier alpha value is -6.78. The molecule has 0 spiro atoms. The lowest BCUT2D eigenvalue weighted by Crippen LogP contribution is -2.54. The van der Waals surface area contributed by atoms with Crippen LogP contribution < -0.4 is 26.2 Å². The Kier molecular flexibility index (Phi) is 17.3. The summed E-state index contributed by atoms with van der Waals surface area (Å²) in [5.74, 6) is -0.751. The van der Waals surface area contributed by atoms with Crippen LogP contribution in [0.25, 0.3) is 16.8 Å². The van der Waals surface area contributed by atoms with Crippen molar-refractivity contribution in [3.05, 3.63) is 90.3 Å². The number of furan rings is 1. The van der Waals surface area contributed by atoms with E-state index in [2.05, 4.69) is 70.5 Å². The number of unbranched alkanes of at least 4 members (excludes halogenated alkanes) is 1. The number of benzene rings is 2. The van der Waals surface area contributed by atoms with Gasteiger partial charge in [-0.25, -0.2) is 4.98 Å². The van der Waals surface area contributed by atoms with E-state index in [0.29, 0.717) is 90.5 Å². The van der Waals surface area contributed by atoms with Gasteiger partial charge in [0.2, 0.25) is 23.7 Å². The molecule has 2 saturated heterocycles. The second-order valence-electron chi connectivity index (χ2n) is 16.7. The SMILES string of the molecule is O=C(CCOCCOCCOCCOCCNc1cccc2c1C(=O)N(C1CCC(=O)NC1=O)C2=O)NCCCCN1CCN(c2ccc(-c3cnc(NCc4ccco4)n4cnnc34)cc2)CC1. The van der Waals surface area contributed by atoms with Crippen LogP contribution in [0.3, 0.4) is 0 Å². The standard InChI is InChI=1S/C48H59N11O10/c60-41(14-23-65-25-27-67-29-30-68-28-26-66-24-16-49-39-7-3-6-37-43(39)47(64)59(46(37)63)40-12-13-42(61)54-45(40)62)50-15-1-2-17-56-18-20-57(21-19-56)35-10-8-34(9-11-35)38-32-52-48(58-33-53-55-44(38)58)51-31-36-5-4-22-69-36/h3-11,22,32-33,40,49H,1-2,12-21,23-31H2,(H,50,60)(H,51,52)(H,54,61,62). The molecule has 3 aliphatic heterocycles. The van der Waals surface area contributed by atoms with Crippen LogP contribution in [0.4, 0.5) is 17.3 Å². The molecule has 4 N–H and O–H groups in total. The predicted octanol–water partition coefficient (Wildman–Crippen LogP) is 2.98. The summed E-state index contributed by atoms with van der Waals surface area (Å²) in [6, 6.07) is 16.2. The molecule has 0 aliphatic carbocycles. The molecule has 0 bridgehead atoms. The molecule has 2 aromatic carbocycles. The van der Waals surface area contributed by atoms with Crippen LogP contribution in [0, 0.1) is 0 Å². The number of piperazine rings is 1. The number of piperidine rings is 1. The van der Waals surface area contributed by atoms with Crippen molar-refractivity contribution in [3.8, 4) is 11.1 Å². The molecule has 5 aromatic rings. The van der Waals surface area contributed by atoms with Gasteiger partial charge in [-0.3, -0.25) is 43.5 Å². The molecular formula is C48H59N11O10. The summed E-state index contributed by atoms with van der Waals surface area (Å²) in [5.41, 5.74) is 4.74. The largest absolute Gasteiger partial charge is 0.467 e. The van der Waals surface area contributed by atoms with Crippen molar-refractivity contribution in [2.75, 3.05) is 114 Å².